The molecule has 1 aliphatic heterocycles. The molecule has 2 N–H and O–H groups in total. The molecule has 1 aliphatic rings. The Balaban J connectivity index is 1.79. The van der Waals surface area contributed by atoms with E-state index in [4.69, 9.17) is 10.6 Å². The summed E-state index contributed by atoms with van der Waals surface area (Å²) in [5, 5.41) is 4.14. The van der Waals surface area contributed by atoms with Gasteiger partial charge in [-0.05, 0) is 29.8 Å². The third-order valence-electron chi connectivity index (χ3n) is 4.51. The number of nitrogens with two attached hydrogens (primary N) is 1. The molecule has 0 aliphatic carbocycles. The standard InChI is InChI=1S/C22H17N3O3/c23-22(27)25-19-12-6-4-10-16(19)14-18(17-11-5-7-13-20(17)25)24-28-21(26)15-8-2-1-3-9-15/h1-13H,14H2,(H2,23,27)/b24-18+. The first kappa shape index (κ1) is 17.5. The van der Waals surface area contributed by atoms with Crippen molar-refractivity contribution in [1.82, 2.24) is 0 Å². The molecule has 138 valence electrons. The lowest BCUT2D eigenvalue weighted by molar-refractivity contribution is 0.0516. The number of hydrogen-bond donors (Lipinski definition) is 1. The molecular weight excluding hydrogens is 354 g/mol. The van der Waals surface area contributed by atoms with Crippen LogP contribution in [0.1, 0.15) is 21.5 Å². The molecule has 4 rings (SSSR count). The average molecular weight is 371 g/mol. The molecule has 0 spiro atoms. The van der Waals surface area contributed by atoms with E-state index in [0.717, 1.165) is 5.56 Å². The zero-order valence-corrected chi connectivity index (χ0v) is 14.9. The minimum absolute atomic E-state index is 0.388. The molecule has 0 atom stereocenters. The summed E-state index contributed by atoms with van der Waals surface area (Å²) in [4.78, 5) is 31.2. The maximum atomic E-state index is 12.3. The van der Waals surface area contributed by atoms with Gasteiger partial charge >= 0.3 is 12.0 Å². The number of anilines is 2. The van der Waals surface area contributed by atoms with E-state index in [2.05, 4.69) is 5.16 Å². The number of benzene rings is 3. The Morgan fingerprint density at radius 3 is 2.25 bits per heavy atom. The fourth-order valence-corrected chi connectivity index (χ4v) is 3.24. The van der Waals surface area contributed by atoms with Crippen LogP contribution in [0.2, 0.25) is 0 Å². The molecule has 0 fully saturated rings. The fourth-order valence-electron chi connectivity index (χ4n) is 3.24. The number of urea groups is 1. The molecule has 6 nitrogen and oxygen atoms in total. The topological polar surface area (TPSA) is 85.0 Å². The number of rotatable bonds is 2. The Hall–Kier alpha value is -3.93. The van der Waals surface area contributed by atoms with E-state index >= 15 is 0 Å². The van der Waals surface area contributed by atoms with Crippen molar-refractivity contribution in [3.8, 4) is 0 Å². The smallest absolute Gasteiger partial charge is 0.351 e. The summed E-state index contributed by atoms with van der Waals surface area (Å²) in [6.07, 6.45) is 0.388. The van der Waals surface area contributed by atoms with E-state index in [0.29, 0.717) is 34.6 Å². The van der Waals surface area contributed by atoms with Crippen molar-refractivity contribution in [3.63, 3.8) is 0 Å². The number of para-hydroxylation sites is 2. The molecule has 0 unspecified atom stereocenters. The Labute approximate surface area is 161 Å². The Bertz CT molecular complexity index is 1080. The van der Waals surface area contributed by atoms with Gasteiger partial charge in [-0.15, -0.1) is 0 Å². The summed E-state index contributed by atoms with van der Waals surface area (Å²) in [6, 6.07) is 22.8. The lowest BCUT2D eigenvalue weighted by atomic mass is 10.0. The highest BCUT2D eigenvalue weighted by Crippen LogP contribution is 2.36. The van der Waals surface area contributed by atoms with Gasteiger partial charge in [0.1, 0.15) is 0 Å². The molecule has 0 aromatic heterocycles. The zero-order chi connectivity index (χ0) is 19.5. The molecule has 2 amide bonds. The highest BCUT2D eigenvalue weighted by atomic mass is 16.7. The zero-order valence-electron chi connectivity index (χ0n) is 14.9. The highest BCUT2D eigenvalue weighted by Gasteiger charge is 2.27. The first-order valence-electron chi connectivity index (χ1n) is 8.75. The monoisotopic (exact) mass is 371 g/mol. The number of carbonyl (C=O) groups excluding carboxylic acids is 2. The van der Waals surface area contributed by atoms with Crippen molar-refractivity contribution in [1.29, 1.82) is 0 Å². The van der Waals surface area contributed by atoms with Gasteiger partial charge in [0.15, 0.2) is 0 Å². The first-order valence-corrected chi connectivity index (χ1v) is 8.75. The van der Waals surface area contributed by atoms with E-state index in [9.17, 15) is 9.59 Å². The predicted octanol–water partition coefficient (Wildman–Crippen LogP) is 4.02. The van der Waals surface area contributed by atoms with E-state index in [-0.39, 0.29) is 0 Å². The minimum Gasteiger partial charge on any atom is -0.351 e. The van der Waals surface area contributed by atoms with Gasteiger partial charge in [0, 0.05) is 12.0 Å². The van der Waals surface area contributed by atoms with Crippen molar-refractivity contribution in [2.45, 2.75) is 6.42 Å². The van der Waals surface area contributed by atoms with Gasteiger partial charge in [-0.3, -0.25) is 4.90 Å². The molecule has 28 heavy (non-hydrogen) atoms. The van der Waals surface area contributed by atoms with Crippen LogP contribution < -0.4 is 10.6 Å². The van der Waals surface area contributed by atoms with Crippen molar-refractivity contribution in [2.24, 2.45) is 10.9 Å². The molecule has 0 radical (unpaired) electrons. The maximum absolute atomic E-state index is 12.3. The van der Waals surface area contributed by atoms with Gasteiger partial charge in [0.05, 0.1) is 22.6 Å². The van der Waals surface area contributed by atoms with Crippen LogP contribution in [0.5, 0.6) is 0 Å². The second-order valence-electron chi connectivity index (χ2n) is 6.28. The van der Waals surface area contributed by atoms with Crippen LogP contribution in [0, 0.1) is 0 Å². The van der Waals surface area contributed by atoms with Crippen LogP contribution in [0.3, 0.4) is 0 Å². The second-order valence-corrected chi connectivity index (χ2v) is 6.28. The summed E-state index contributed by atoms with van der Waals surface area (Å²) >= 11 is 0. The summed E-state index contributed by atoms with van der Waals surface area (Å²) in [6.45, 7) is 0. The van der Waals surface area contributed by atoms with Gasteiger partial charge in [-0.2, -0.15) is 0 Å². The number of carbonyl (C=O) groups is 2. The molecule has 0 saturated heterocycles. The van der Waals surface area contributed by atoms with Gasteiger partial charge in [0.2, 0.25) is 0 Å². The number of primary amides is 1. The molecular formula is C22H17N3O3. The van der Waals surface area contributed by atoms with E-state index in [1.807, 2.05) is 48.5 Å². The van der Waals surface area contributed by atoms with E-state index in [1.165, 1.54) is 4.90 Å². The van der Waals surface area contributed by atoms with E-state index in [1.54, 1.807) is 30.3 Å². The van der Waals surface area contributed by atoms with Gasteiger partial charge in [-0.25, -0.2) is 9.59 Å². The van der Waals surface area contributed by atoms with Gasteiger partial charge in [0.25, 0.3) is 0 Å². The Morgan fingerprint density at radius 2 is 1.50 bits per heavy atom. The van der Waals surface area contributed by atoms with E-state index < -0.39 is 12.0 Å². The molecule has 3 aromatic carbocycles. The van der Waals surface area contributed by atoms with Crippen molar-refractivity contribution in [2.75, 3.05) is 4.90 Å². The molecule has 0 bridgehead atoms. The first-order chi connectivity index (χ1) is 13.6. The second kappa shape index (κ2) is 7.36. The highest BCUT2D eigenvalue weighted by molar-refractivity contribution is 6.13. The summed E-state index contributed by atoms with van der Waals surface area (Å²) in [5.74, 6) is -0.546. The van der Waals surface area contributed by atoms with Crippen molar-refractivity contribution >= 4 is 29.1 Å². The minimum atomic E-state index is -0.595. The van der Waals surface area contributed by atoms with Gasteiger partial charge < -0.3 is 10.6 Å². The lowest BCUT2D eigenvalue weighted by Crippen LogP contribution is -2.32. The third kappa shape index (κ3) is 3.23. The molecule has 3 aromatic rings. The van der Waals surface area contributed by atoms with Crippen LogP contribution in [0.15, 0.2) is 84.0 Å². The maximum Gasteiger partial charge on any atom is 0.365 e. The van der Waals surface area contributed by atoms with Gasteiger partial charge in [-0.1, -0.05) is 59.8 Å². The average Bonchev–Trinajstić information content (AvgIpc) is 2.87. The lowest BCUT2D eigenvalue weighted by Gasteiger charge is -2.22. The fraction of sp³-hybridized carbons (Fsp3) is 0.0455. The van der Waals surface area contributed by atoms with Crippen LogP contribution in [0.25, 0.3) is 0 Å². The van der Waals surface area contributed by atoms with Crippen molar-refractivity contribution in [3.05, 3.63) is 95.6 Å². The normalized spacial score (nSPS) is 14.0. The molecule has 1 heterocycles. The summed E-state index contributed by atoms with van der Waals surface area (Å²) < 4.78 is 0. The van der Waals surface area contributed by atoms with Crippen molar-refractivity contribution < 1.29 is 14.4 Å². The summed E-state index contributed by atoms with van der Waals surface area (Å²) in [7, 11) is 0. The quantitative estimate of drug-likeness (QED) is 0.545. The van der Waals surface area contributed by atoms with Crippen LogP contribution in [-0.4, -0.2) is 17.7 Å². The number of fused-ring (bicyclic) bond motifs is 2. The Morgan fingerprint density at radius 1 is 0.857 bits per heavy atom. The Kier molecular flexibility index (Phi) is 4.60. The predicted molar refractivity (Wildman–Crippen MR) is 107 cm³/mol. The third-order valence-corrected chi connectivity index (χ3v) is 4.51. The largest absolute Gasteiger partial charge is 0.365 e. The molecule has 6 heteroatoms. The SMILES string of the molecule is NC(=O)N1c2ccccc2C/C(=N\OC(=O)c2ccccc2)c2ccccc21. The van der Waals surface area contributed by atoms with Crippen LogP contribution in [-0.2, 0) is 11.3 Å². The number of hydrogen-bond acceptors (Lipinski definition) is 4. The summed E-state index contributed by atoms with van der Waals surface area (Å²) in [5.41, 5.74) is 9.43. The van der Waals surface area contributed by atoms with Crippen LogP contribution in [0.4, 0.5) is 16.2 Å². The number of amides is 2. The number of oxime groups is 1. The van der Waals surface area contributed by atoms with Crippen LogP contribution >= 0.6 is 0 Å². The molecule has 0 saturated carbocycles. The number of nitrogens with zero attached hydrogens (tertiary/aromatic N) is 2.